The Balaban J connectivity index is 1.90. The van der Waals surface area contributed by atoms with Crippen LogP contribution in [0.25, 0.3) is 11.3 Å². The number of para-hydroxylation sites is 2. The summed E-state index contributed by atoms with van der Waals surface area (Å²) in [6.45, 7) is 0. The first-order valence-electron chi connectivity index (χ1n) is 6.74. The molecular formula is C17H14N2O3. The highest BCUT2D eigenvalue weighted by Gasteiger charge is 2.18. The molecule has 0 saturated carbocycles. The number of aromatic nitrogens is 1. The molecule has 0 aliphatic carbocycles. The number of anilines is 1. The number of nitrogens with one attached hydrogen (secondary N) is 1. The highest BCUT2D eigenvalue weighted by atomic mass is 16.5. The number of carbonyl (C=O) groups excluding carboxylic acids is 1. The molecular weight excluding hydrogens is 280 g/mol. The molecule has 0 radical (unpaired) electrons. The quantitative estimate of drug-likeness (QED) is 0.798. The molecule has 5 heteroatoms. The number of rotatable bonds is 4. The highest BCUT2D eigenvalue weighted by Crippen LogP contribution is 2.27. The maximum absolute atomic E-state index is 12.5. The Morgan fingerprint density at radius 1 is 1.09 bits per heavy atom. The summed E-state index contributed by atoms with van der Waals surface area (Å²) >= 11 is 0. The fraction of sp³-hybridized carbons (Fsp3) is 0.0588. The Morgan fingerprint density at radius 2 is 1.82 bits per heavy atom. The van der Waals surface area contributed by atoms with Gasteiger partial charge in [-0.05, 0) is 12.1 Å². The van der Waals surface area contributed by atoms with E-state index in [1.54, 1.807) is 19.2 Å². The summed E-state index contributed by atoms with van der Waals surface area (Å²) in [6.07, 6.45) is 1.41. The minimum Gasteiger partial charge on any atom is -0.495 e. The van der Waals surface area contributed by atoms with Crippen LogP contribution in [0, 0.1) is 0 Å². The van der Waals surface area contributed by atoms with E-state index in [0.717, 1.165) is 5.56 Å². The van der Waals surface area contributed by atoms with Crippen LogP contribution in [0.2, 0.25) is 0 Å². The van der Waals surface area contributed by atoms with Gasteiger partial charge in [-0.15, -0.1) is 0 Å². The predicted octanol–water partition coefficient (Wildman–Crippen LogP) is 3.60. The fourth-order valence-corrected chi connectivity index (χ4v) is 2.14. The summed E-state index contributed by atoms with van der Waals surface area (Å²) in [7, 11) is 1.56. The zero-order valence-corrected chi connectivity index (χ0v) is 11.9. The van der Waals surface area contributed by atoms with Gasteiger partial charge >= 0.3 is 0 Å². The number of amides is 1. The molecule has 0 aliphatic heterocycles. The molecule has 0 saturated heterocycles. The van der Waals surface area contributed by atoms with Crippen molar-refractivity contribution in [3.63, 3.8) is 0 Å². The fourth-order valence-electron chi connectivity index (χ4n) is 2.14. The van der Waals surface area contributed by atoms with E-state index in [2.05, 4.69) is 10.5 Å². The lowest BCUT2D eigenvalue weighted by Gasteiger charge is -2.09. The molecule has 1 aromatic heterocycles. The van der Waals surface area contributed by atoms with Crippen LogP contribution in [0.4, 0.5) is 5.69 Å². The van der Waals surface area contributed by atoms with Gasteiger partial charge in [0.2, 0.25) is 0 Å². The van der Waals surface area contributed by atoms with E-state index in [-0.39, 0.29) is 5.91 Å². The molecule has 0 fully saturated rings. The van der Waals surface area contributed by atoms with E-state index in [0.29, 0.717) is 22.8 Å². The zero-order chi connectivity index (χ0) is 15.4. The second-order valence-electron chi connectivity index (χ2n) is 4.59. The van der Waals surface area contributed by atoms with Crippen LogP contribution in [-0.4, -0.2) is 18.2 Å². The number of hydrogen-bond acceptors (Lipinski definition) is 4. The first-order chi connectivity index (χ1) is 10.8. The third kappa shape index (κ3) is 2.69. The molecule has 0 aliphatic rings. The van der Waals surface area contributed by atoms with Crippen LogP contribution in [-0.2, 0) is 0 Å². The van der Waals surface area contributed by atoms with Gasteiger partial charge in [-0.1, -0.05) is 47.6 Å². The molecule has 1 amide bonds. The van der Waals surface area contributed by atoms with Crippen LogP contribution in [0.15, 0.2) is 65.3 Å². The first-order valence-corrected chi connectivity index (χ1v) is 6.74. The summed E-state index contributed by atoms with van der Waals surface area (Å²) in [5, 5.41) is 6.55. The van der Waals surface area contributed by atoms with Gasteiger partial charge in [0.05, 0.1) is 19.0 Å². The number of benzene rings is 2. The Labute approximate surface area is 127 Å². The number of nitrogens with zero attached hydrogens (tertiary/aromatic N) is 1. The van der Waals surface area contributed by atoms with Gasteiger partial charge in [0.15, 0.2) is 5.76 Å². The summed E-state index contributed by atoms with van der Waals surface area (Å²) in [5.74, 6) is 0.728. The summed E-state index contributed by atoms with van der Waals surface area (Å²) in [5.41, 5.74) is 1.76. The minimum atomic E-state index is -0.301. The summed E-state index contributed by atoms with van der Waals surface area (Å²) in [4.78, 5) is 12.5. The molecule has 0 spiro atoms. The number of ether oxygens (including phenoxy) is 1. The summed E-state index contributed by atoms with van der Waals surface area (Å²) < 4.78 is 10.4. The van der Waals surface area contributed by atoms with Gasteiger partial charge < -0.3 is 14.6 Å². The Kier molecular flexibility index (Phi) is 3.87. The van der Waals surface area contributed by atoms with Gasteiger partial charge in [-0.3, -0.25) is 4.79 Å². The van der Waals surface area contributed by atoms with Crippen LogP contribution < -0.4 is 10.1 Å². The standard InChI is InChI=1S/C17H14N2O3/c1-21-15-10-6-5-9-14(15)19-17(20)13-11-18-22-16(13)12-7-3-2-4-8-12/h2-11H,1H3,(H,19,20). The van der Waals surface area contributed by atoms with Gasteiger partial charge in [-0.25, -0.2) is 0 Å². The second-order valence-corrected chi connectivity index (χ2v) is 4.59. The van der Waals surface area contributed by atoms with Crippen LogP contribution in [0.5, 0.6) is 5.75 Å². The van der Waals surface area contributed by atoms with Crippen molar-refractivity contribution in [2.24, 2.45) is 0 Å². The van der Waals surface area contributed by atoms with E-state index < -0.39 is 0 Å². The Hall–Kier alpha value is -3.08. The van der Waals surface area contributed by atoms with Crippen molar-refractivity contribution >= 4 is 11.6 Å². The molecule has 2 aromatic carbocycles. The lowest BCUT2D eigenvalue weighted by Crippen LogP contribution is -2.12. The van der Waals surface area contributed by atoms with E-state index in [9.17, 15) is 4.79 Å². The predicted molar refractivity (Wildman–Crippen MR) is 82.9 cm³/mol. The van der Waals surface area contributed by atoms with E-state index in [1.165, 1.54) is 6.20 Å². The normalized spacial score (nSPS) is 10.2. The van der Waals surface area contributed by atoms with Gasteiger partial charge in [-0.2, -0.15) is 0 Å². The molecule has 1 heterocycles. The SMILES string of the molecule is COc1ccccc1NC(=O)c1cnoc1-c1ccccc1. The van der Waals surface area contributed by atoms with E-state index >= 15 is 0 Å². The molecule has 3 aromatic rings. The zero-order valence-electron chi connectivity index (χ0n) is 11.9. The molecule has 0 unspecified atom stereocenters. The van der Waals surface area contributed by atoms with Crippen LogP contribution in [0.1, 0.15) is 10.4 Å². The Bertz CT molecular complexity index is 781. The van der Waals surface area contributed by atoms with Gasteiger partial charge in [0.1, 0.15) is 11.3 Å². The molecule has 22 heavy (non-hydrogen) atoms. The largest absolute Gasteiger partial charge is 0.495 e. The van der Waals surface area contributed by atoms with Crippen molar-refractivity contribution in [1.29, 1.82) is 0 Å². The average molecular weight is 294 g/mol. The monoisotopic (exact) mass is 294 g/mol. The molecule has 1 N–H and O–H groups in total. The molecule has 110 valence electrons. The number of hydrogen-bond donors (Lipinski definition) is 1. The number of methoxy groups -OCH3 is 1. The van der Waals surface area contributed by atoms with Crippen LogP contribution in [0.3, 0.4) is 0 Å². The van der Waals surface area contributed by atoms with Crippen molar-refractivity contribution in [3.8, 4) is 17.1 Å². The molecule has 5 nitrogen and oxygen atoms in total. The maximum Gasteiger partial charge on any atom is 0.261 e. The molecule has 0 bridgehead atoms. The van der Waals surface area contributed by atoms with Gasteiger partial charge in [0, 0.05) is 5.56 Å². The third-order valence-electron chi connectivity index (χ3n) is 3.21. The second kappa shape index (κ2) is 6.13. The third-order valence-corrected chi connectivity index (χ3v) is 3.21. The van der Waals surface area contributed by atoms with Crippen LogP contribution >= 0.6 is 0 Å². The first kappa shape index (κ1) is 13.9. The van der Waals surface area contributed by atoms with Crippen molar-refractivity contribution in [3.05, 3.63) is 66.4 Å². The van der Waals surface area contributed by atoms with Gasteiger partial charge in [0.25, 0.3) is 5.91 Å². The lowest BCUT2D eigenvalue weighted by molar-refractivity contribution is 0.102. The Morgan fingerprint density at radius 3 is 2.59 bits per heavy atom. The van der Waals surface area contributed by atoms with Crippen molar-refractivity contribution < 1.29 is 14.1 Å². The lowest BCUT2D eigenvalue weighted by atomic mass is 10.1. The van der Waals surface area contributed by atoms with Crippen molar-refractivity contribution in [2.75, 3.05) is 12.4 Å². The smallest absolute Gasteiger partial charge is 0.261 e. The highest BCUT2D eigenvalue weighted by molar-refractivity contribution is 6.08. The minimum absolute atomic E-state index is 0.301. The van der Waals surface area contributed by atoms with E-state index in [1.807, 2.05) is 42.5 Å². The topological polar surface area (TPSA) is 64.4 Å². The van der Waals surface area contributed by atoms with Crippen molar-refractivity contribution in [2.45, 2.75) is 0 Å². The summed E-state index contributed by atoms with van der Waals surface area (Å²) in [6, 6.07) is 16.6. The average Bonchev–Trinajstić information content (AvgIpc) is 3.06. The maximum atomic E-state index is 12.5. The molecule has 3 rings (SSSR count). The van der Waals surface area contributed by atoms with Crippen molar-refractivity contribution in [1.82, 2.24) is 5.16 Å². The number of carbonyl (C=O) groups is 1. The molecule has 0 atom stereocenters. The van der Waals surface area contributed by atoms with E-state index in [4.69, 9.17) is 9.26 Å².